The molecular weight excluding hydrogens is 250 g/mol. The highest BCUT2D eigenvalue weighted by atomic mass is 19.1. The first-order valence-corrected chi connectivity index (χ1v) is 6.55. The van der Waals surface area contributed by atoms with Crippen LogP contribution in [0.15, 0.2) is 18.2 Å². The molecule has 0 spiro atoms. The molecule has 0 radical (unpaired) electrons. The molecule has 0 aromatic heterocycles. The van der Waals surface area contributed by atoms with Crippen LogP contribution < -0.4 is 11.1 Å². The van der Waals surface area contributed by atoms with E-state index in [9.17, 15) is 13.6 Å². The van der Waals surface area contributed by atoms with E-state index in [-0.39, 0.29) is 11.6 Å². The van der Waals surface area contributed by atoms with Crippen LogP contribution in [0.2, 0.25) is 0 Å². The fourth-order valence-corrected chi connectivity index (χ4v) is 2.40. The van der Waals surface area contributed by atoms with Gasteiger partial charge in [0, 0.05) is 12.6 Å². The summed E-state index contributed by atoms with van der Waals surface area (Å²) in [6, 6.07) is 3.13. The second-order valence-corrected chi connectivity index (χ2v) is 5.11. The minimum absolute atomic E-state index is 0.243. The van der Waals surface area contributed by atoms with Gasteiger partial charge in [-0.15, -0.1) is 0 Å². The molecule has 2 rings (SSSR count). The molecule has 0 unspecified atom stereocenters. The van der Waals surface area contributed by atoms with E-state index in [4.69, 9.17) is 5.73 Å². The summed E-state index contributed by atoms with van der Waals surface area (Å²) in [5.74, 6) is -1.51. The molecule has 104 valence electrons. The van der Waals surface area contributed by atoms with Crippen molar-refractivity contribution in [3.05, 3.63) is 35.4 Å². The number of rotatable bonds is 3. The lowest BCUT2D eigenvalue weighted by atomic mass is 9.86. The van der Waals surface area contributed by atoms with Crippen LogP contribution in [0.4, 0.5) is 8.78 Å². The van der Waals surface area contributed by atoms with Crippen LogP contribution >= 0.6 is 0 Å². The third-order valence-electron chi connectivity index (χ3n) is 3.62. The first-order chi connectivity index (χ1) is 9.06. The minimum Gasteiger partial charge on any atom is -0.352 e. The molecule has 1 fully saturated rings. The van der Waals surface area contributed by atoms with Crippen molar-refractivity contribution >= 4 is 5.91 Å². The van der Waals surface area contributed by atoms with Crippen molar-refractivity contribution in [1.29, 1.82) is 0 Å². The summed E-state index contributed by atoms with van der Waals surface area (Å²) in [6.07, 6.45) is 3.84. The molecule has 0 aliphatic heterocycles. The zero-order valence-electron chi connectivity index (χ0n) is 10.7. The van der Waals surface area contributed by atoms with E-state index in [0.29, 0.717) is 12.5 Å². The van der Waals surface area contributed by atoms with Crippen molar-refractivity contribution in [3.63, 3.8) is 0 Å². The Balaban J connectivity index is 1.89. The lowest BCUT2D eigenvalue weighted by Gasteiger charge is -2.26. The quantitative estimate of drug-likeness (QED) is 0.883. The van der Waals surface area contributed by atoms with Gasteiger partial charge in [-0.2, -0.15) is 0 Å². The van der Waals surface area contributed by atoms with Gasteiger partial charge in [0.25, 0.3) is 5.91 Å². The van der Waals surface area contributed by atoms with E-state index in [1.807, 2.05) is 0 Å². The number of hydrogen-bond donors (Lipinski definition) is 2. The Bertz CT molecular complexity index is 457. The maximum atomic E-state index is 13.4. The molecule has 0 bridgehead atoms. The van der Waals surface area contributed by atoms with E-state index in [1.54, 1.807) is 0 Å². The van der Waals surface area contributed by atoms with E-state index in [0.717, 1.165) is 43.9 Å². The predicted molar refractivity (Wildman–Crippen MR) is 68.6 cm³/mol. The lowest BCUT2D eigenvalue weighted by molar-refractivity contribution is 0.0938. The highest BCUT2D eigenvalue weighted by molar-refractivity contribution is 5.94. The first kappa shape index (κ1) is 13.9. The predicted octanol–water partition coefficient (Wildman–Crippen LogP) is 2.21. The number of halogens is 2. The normalized spacial score (nSPS) is 23.1. The SMILES string of the molecule is NC1CCC(CNC(=O)c2cc(F)ccc2F)CC1. The molecule has 0 heterocycles. The van der Waals surface area contributed by atoms with Crippen molar-refractivity contribution < 1.29 is 13.6 Å². The molecule has 19 heavy (non-hydrogen) atoms. The van der Waals surface area contributed by atoms with Crippen molar-refractivity contribution in [3.8, 4) is 0 Å². The third-order valence-corrected chi connectivity index (χ3v) is 3.62. The summed E-state index contributed by atoms with van der Waals surface area (Å²) >= 11 is 0. The molecule has 1 aromatic rings. The summed E-state index contributed by atoms with van der Waals surface area (Å²) in [5, 5.41) is 2.67. The van der Waals surface area contributed by atoms with Crippen LogP contribution in [-0.2, 0) is 0 Å². The zero-order valence-corrected chi connectivity index (χ0v) is 10.7. The summed E-state index contributed by atoms with van der Waals surface area (Å²) in [7, 11) is 0. The van der Waals surface area contributed by atoms with Gasteiger partial charge in [0.05, 0.1) is 5.56 Å². The standard InChI is InChI=1S/C14H18F2N2O/c15-10-3-6-13(16)12(7-10)14(19)18-8-9-1-4-11(17)5-2-9/h3,6-7,9,11H,1-2,4-5,8,17H2,(H,18,19). The van der Waals surface area contributed by atoms with Gasteiger partial charge < -0.3 is 11.1 Å². The Kier molecular flexibility index (Phi) is 4.47. The van der Waals surface area contributed by atoms with Gasteiger partial charge in [-0.05, 0) is 49.8 Å². The number of nitrogens with two attached hydrogens (primary N) is 1. The van der Waals surface area contributed by atoms with Gasteiger partial charge in [0.1, 0.15) is 11.6 Å². The molecule has 1 aromatic carbocycles. The topological polar surface area (TPSA) is 55.1 Å². The smallest absolute Gasteiger partial charge is 0.254 e. The maximum absolute atomic E-state index is 13.4. The van der Waals surface area contributed by atoms with Gasteiger partial charge >= 0.3 is 0 Å². The molecule has 1 aliphatic rings. The Morgan fingerprint density at radius 2 is 1.95 bits per heavy atom. The van der Waals surface area contributed by atoms with Crippen molar-refractivity contribution in [1.82, 2.24) is 5.32 Å². The van der Waals surface area contributed by atoms with Gasteiger partial charge in [0.15, 0.2) is 0 Å². The van der Waals surface area contributed by atoms with Crippen LogP contribution in [0.25, 0.3) is 0 Å². The molecule has 1 amide bonds. The van der Waals surface area contributed by atoms with E-state index in [1.165, 1.54) is 0 Å². The molecule has 3 nitrogen and oxygen atoms in total. The molecular formula is C14H18F2N2O. The van der Waals surface area contributed by atoms with Gasteiger partial charge in [-0.3, -0.25) is 4.79 Å². The summed E-state index contributed by atoms with van der Waals surface area (Å²) in [6.45, 7) is 0.488. The highest BCUT2D eigenvalue weighted by Gasteiger charge is 2.20. The fourth-order valence-electron chi connectivity index (χ4n) is 2.40. The van der Waals surface area contributed by atoms with Crippen LogP contribution in [0, 0.1) is 17.6 Å². The van der Waals surface area contributed by atoms with Gasteiger partial charge in [-0.25, -0.2) is 8.78 Å². The van der Waals surface area contributed by atoms with Gasteiger partial charge in [0.2, 0.25) is 0 Å². The monoisotopic (exact) mass is 268 g/mol. The molecule has 0 saturated heterocycles. The summed E-state index contributed by atoms with van der Waals surface area (Å²) < 4.78 is 26.4. The lowest BCUT2D eigenvalue weighted by Crippen LogP contribution is -2.34. The molecule has 1 saturated carbocycles. The summed E-state index contributed by atoms with van der Waals surface area (Å²) in [5.41, 5.74) is 5.56. The Morgan fingerprint density at radius 3 is 2.63 bits per heavy atom. The van der Waals surface area contributed by atoms with E-state index >= 15 is 0 Å². The Labute approximate surface area is 111 Å². The second kappa shape index (κ2) is 6.10. The maximum Gasteiger partial charge on any atom is 0.254 e. The zero-order chi connectivity index (χ0) is 13.8. The minimum atomic E-state index is -0.704. The van der Waals surface area contributed by atoms with Crippen LogP contribution in [0.3, 0.4) is 0 Å². The second-order valence-electron chi connectivity index (χ2n) is 5.11. The number of carbonyl (C=O) groups is 1. The van der Waals surface area contributed by atoms with E-state index in [2.05, 4.69) is 5.32 Å². The largest absolute Gasteiger partial charge is 0.352 e. The Hall–Kier alpha value is -1.49. The average Bonchev–Trinajstić information content (AvgIpc) is 2.40. The van der Waals surface area contributed by atoms with E-state index < -0.39 is 17.5 Å². The first-order valence-electron chi connectivity index (χ1n) is 6.55. The van der Waals surface area contributed by atoms with Gasteiger partial charge in [-0.1, -0.05) is 0 Å². The summed E-state index contributed by atoms with van der Waals surface area (Å²) in [4.78, 5) is 11.8. The van der Waals surface area contributed by atoms with Crippen LogP contribution in [0.1, 0.15) is 36.0 Å². The average molecular weight is 268 g/mol. The van der Waals surface area contributed by atoms with Crippen LogP contribution in [-0.4, -0.2) is 18.5 Å². The number of benzene rings is 1. The molecule has 1 aliphatic carbocycles. The molecule has 0 atom stereocenters. The number of hydrogen-bond acceptors (Lipinski definition) is 2. The molecule has 5 heteroatoms. The van der Waals surface area contributed by atoms with Crippen molar-refractivity contribution in [2.24, 2.45) is 11.7 Å². The van der Waals surface area contributed by atoms with Crippen molar-refractivity contribution in [2.75, 3.05) is 6.54 Å². The number of amides is 1. The third kappa shape index (κ3) is 3.73. The fraction of sp³-hybridized carbons (Fsp3) is 0.500. The Morgan fingerprint density at radius 1 is 1.26 bits per heavy atom. The number of nitrogens with one attached hydrogen (secondary N) is 1. The van der Waals surface area contributed by atoms with Crippen LogP contribution in [0.5, 0.6) is 0 Å². The number of carbonyl (C=O) groups excluding carboxylic acids is 1. The molecule has 3 N–H and O–H groups in total. The van der Waals surface area contributed by atoms with Crippen molar-refractivity contribution in [2.45, 2.75) is 31.7 Å². The highest BCUT2D eigenvalue weighted by Crippen LogP contribution is 2.22.